The zero-order valence-electron chi connectivity index (χ0n) is 24.5. The van der Waals surface area contributed by atoms with Crippen molar-refractivity contribution in [2.45, 2.75) is 52.0 Å². The molecule has 0 aliphatic carbocycles. The van der Waals surface area contributed by atoms with E-state index in [1.54, 1.807) is 43.3 Å². The highest BCUT2D eigenvalue weighted by Gasteiger charge is 2.33. The van der Waals surface area contributed by atoms with Crippen LogP contribution in [0.5, 0.6) is 5.75 Å². The topological polar surface area (TPSA) is 96.0 Å². The van der Waals surface area contributed by atoms with Gasteiger partial charge in [0.2, 0.25) is 11.8 Å². The maximum atomic E-state index is 14.0. The van der Waals surface area contributed by atoms with Crippen LogP contribution in [0, 0.1) is 12.8 Å². The summed E-state index contributed by atoms with van der Waals surface area (Å²) in [5.41, 5.74) is 2.17. The summed E-state index contributed by atoms with van der Waals surface area (Å²) in [7, 11) is -4.17. The molecule has 0 heterocycles. The summed E-state index contributed by atoms with van der Waals surface area (Å²) in [4.78, 5) is 28.6. The summed E-state index contributed by atoms with van der Waals surface area (Å²) in [6, 6.07) is 22.1. The van der Waals surface area contributed by atoms with Crippen molar-refractivity contribution in [3.8, 4) is 5.75 Å². The van der Waals surface area contributed by atoms with E-state index >= 15 is 0 Å². The lowest BCUT2D eigenvalue weighted by molar-refractivity contribution is -0.138. The number of nitrogens with one attached hydrogen (secondary N) is 1. The largest absolute Gasteiger partial charge is 0.492 e. The van der Waals surface area contributed by atoms with E-state index in [0.717, 1.165) is 15.4 Å². The Balaban J connectivity index is 2.01. The van der Waals surface area contributed by atoms with Crippen LogP contribution >= 0.6 is 0 Å². The number of carbonyl (C=O) groups is 2. The van der Waals surface area contributed by atoms with Gasteiger partial charge < -0.3 is 15.0 Å². The molecule has 41 heavy (non-hydrogen) atoms. The fourth-order valence-electron chi connectivity index (χ4n) is 4.31. The van der Waals surface area contributed by atoms with E-state index in [2.05, 4.69) is 5.32 Å². The first-order chi connectivity index (χ1) is 19.5. The van der Waals surface area contributed by atoms with E-state index < -0.39 is 28.5 Å². The first-order valence-electron chi connectivity index (χ1n) is 14.0. The minimum atomic E-state index is -4.17. The van der Waals surface area contributed by atoms with Crippen molar-refractivity contribution in [1.29, 1.82) is 0 Å². The number of hydrogen-bond acceptors (Lipinski definition) is 5. The van der Waals surface area contributed by atoms with Gasteiger partial charge in [0, 0.05) is 13.1 Å². The smallest absolute Gasteiger partial charge is 0.264 e. The molecule has 8 nitrogen and oxygen atoms in total. The van der Waals surface area contributed by atoms with Crippen molar-refractivity contribution in [3.05, 3.63) is 90.0 Å². The number of aryl methyl sites for hydroxylation is 1. The SMILES string of the molecule is CCOc1ccccc1N(CC(=O)N(CCc1ccccc1)[C@@H](C)C(=O)NCC(C)C)S(=O)(=O)c1ccc(C)cc1. The Labute approximate surface area is 244 Å². The third-order valence-corrected chi connectivity index (χ3v) is 8.43. The monoisotopic (exact) mass is 579 g/mol. The van der Waals surface area contributed by atoms with Crippen molar-refractivity contribution < 1.29 is 22.7 Å². The van der Waals surface area contributed by atoms with E-state index in [0.29, 0.717) is 25.3 Å². The van der Waals surface area contributed by atoms with Crippen molar-refractivity contribution in [2.75, 3.05) is 30.5 Å². The highest BCUT2D eigenvalue weighted by molar-refractivity contribution is 7.92. The molecule has 0 saturated carbocycles. The average molecular weight is 580 g/mol. The number of hydrogen-bond donors (Lipinski definition) is 1. The van der Waals surface area contributed by atoms with E-state index in [4.69, 9.17) is 4.74 Å². The second-order valence-corrected chi connectivity index (χ2v) is 12.2. The normalized spacial score (nSPS) is 12.0. The van der Waals surface area contributed by atoms with Crippen molar-refractivity contribution in [1.82, 2.24) is 10.2 Å². The molecule has 3 aromatic carbocycles. The van der Waals surface area contributed by atoms with Crippen molar-refractivity contribution in [2.24, 2.45) is 5.92 Å². The van der Waals surface area contributed by atoms with Gasteiger partial charge in [0.05, 0.1) is 17.2 Å². The molecule has 0 radical (unpaired) electrons. The summed E-state index contributed by atoms with van der Waals surface area (Å²) >= 11 is 0. The molecule has 0 saturated heterocycles. The third-order valence-electron chi connectivity index (χ3n) is 6.66. The zero-order chi connectivity index (χ0) is 30.0. The summed E-state index contributed by atoms with van der Waals surface area (Å²) in [5, 5.41) is 2.90. The van der Waals surface area contributed by atoms with Crippen LogP contribution in [0.15, 0.2) is 83.8 Å². The van der Waals surface area contributed by atoms with Gasteiger partial charge in [-0.1, -0.05) is 74.0 Å². The summed E-state index contributed by atoms with van der Waals surface area (Å²) < 4.78 is 34.9. The number of amides is 2. The van der Waals surface area contributed by atoms with Gasteiger partial charge in [0.1, 0.15) is 18.3 Å². The molecule has 0 aliphatic heterocycles. The number of anilines is 1. The van der Waals surface area contributed by atoms with Crippen LogP contribution in [0.4, 0.5) is 5.69 Å². The molecule has 1 atom stereocenters. The Hall–Kier alpha value is -3.85. The fourth-order valence-corrected chi connectivity index (χ4v) is 5.74. The summed E-state index contributed by atoms with van der Waals surface area (Å²) in [6.45, 7) is 9.87. The van der Waals surface area contributed by atoms with Gasteiger partial charge in [-0.2, -0.15) is 0 Å². The van der Waals surface area contributed by atoms with Gasteiger partial charge in [0.25, 0.3) is 10.0 Å². The minimum absolute atomic E-state index is 0.0563. The lowest BCUT2D eigenvalue weighted by Crippen LogP contribution is -2.52. The number of nitrogens with zero attached hydrogens (tertiary/aromatic N) is 2. The average Bonchev–Trinajstić information content (AvgIpc) is 2.96. The van der Waals surface area contributed by atoms with Gasteiger partial charge in [-0.25, -0.2) is 8.42 Å². The Kier molecular flexibility index (Phi) is 11.3. The standard InChI is InChI=1S/C32H41N3O5S/c1-6-40-30-15-11-10-14-29(30)35(41(38,39)28-18-16-25(4)17-19-28)23-31(36)34(21-20-27-12-8-7-9-13-27)26(5)32(37)33-22-24(2)3/h7-19,24,26H,6,20-23H2,1-5H3,(H,33,37)/t26-/m0/s1. The van der Waals surface area contributed by atoms with Crippen molar-refractivity contribution >= 4 is 27.5 Å². The van der Waals surface area contributed by atoms with E-state index in [9.17, 15) is 18.0 Å². The maximum Gasteiger partial charge on any atom is 0.264 e. The molecule has 0 bridgehead atoms. The number of carbonyl (C=O) groups excluding carboxylic acids is 2. The predicted molar refractivity (Wildman–Crippen MR) is 162 cm³/mol. The molecule has 220 valence electrons. The van der Waals surface area contributed by atoms with E-state index in [1.807, 2.05) is 58.0 Å². The second kappa shape index (κ2) is 14.7. The van der Waals surface area contributed by atoms with Crippen LogP contribution in [-0.2, 0) is 26.0 Å². The first-order valence-corrected chi connectivity index (χ1v) is 15.4. The maximum absolute atomic E-state index is 14.0. The minimum Gasteiger partial charge on any atom is -0.492 e. The summed E-state index contributed by atoms with van der Waals surface area (Å²) in [6.07, 6.45) is 0.509. The van der Waals surface area contributed by atoms with Crippen LogP contribution in [-0.4, -0.2) is 57.4 Å². The van der Waals surface area contributed by atoms with Gasteiger partial charge >= 0.3 is 0 Å². The molecule has 2 amide bonds. The number of ether oxygens (including phenoxy) is 1. The summed E-state index contributed by atoms with van der Waals surface area (Å²) in [5.74, 6) is -0.195. The first kappa shape index (κ1) is 31.7. The molecule has 0 aromatic heterocycles. The number of sulfonamides is 1. The molecule has 0 fully saturated rings. The molecule has 1 N–H and O–H groups in total. The van der Waals surface area contributed by atoms with Crippen LogP contribution in [0.25, 0.3) is 0 Å². The van der Waals surface area contributed by atoms with Gasteiger partial charge in [-0.3, -0.25) is 13.9 Å². The highest BCUT2D eigenvalue weighted by atomic mass is 32.2. The quantitative estimate of drug-likeness (QED) is 0.295. The van der Waals surface area contributed by atoms with Crippen LogP contribution < -0.4 is 14.4 Å². The molecule has 3 rings (SSSR count). The second-order valence-electron chi connectivity index (χ2n) is 10.4. The van der Waals surface area contributed by atoms with E-state index in [1.165, 1.54) is 17.0 Å². The molecule has 0 aliphatic rings. The molecule has 3 aromatic rings. The Morgan fingerprint density at radius 1 is 0.902 bits per heavy atom. The van der Waals surface area contributed by atoms with E-state index in [-0.39, 0.29) is 29.0 Å². The number of rotatable bonds is 14. The van der Waals surface area contributed by atoms with Crippen molar-refractivity contribution in [3.63, 3.8) is 0 Å². The third kappa shape index (κ3) is 8.57. The number of benzene rings is 3. The Morgan fingerprint density at radius 3 is 2.17 bits per heavy atom. The molecule has 0 unspecified atom stereocenters. The molecular formula is C32H41N3O5S. The molecule has 0 spiro atoms. The van der Waals surface area contributed by atoms with Gasteiger partial charge in [-0.15, -0.1) is 0 Å². The fraction of sp³-hybridized carbons (Fsp3) is 0.375. The number of para-hydroxylation sites is 2. The van der Waals surface area contributed by atoms with Crippen LogP contribution in [0.1, 0.15) is 38.8 Å². The van der Waals surface area contributed by atoms with Crippen LogP contribution in [0.3, 0.4) is 0 Å². The zero-order valence-corrected chi connectivity index (χ0v) is 25.4. The lowest BCUT2D eigenvalue weighted by atomic mass is 10.1. The highest BCUT2D eigenvalue weighted by Crippen LogP contribution is 2.33. The lowest BCUT2D eigenvalue weighted by Gasteiger charge is -2.32. The predicted octanol–water partition coefficient (Wildman–Crippen LogP) is 4.82. The Morgan fingerprint density at radius 2 is 1.54 bits per heavy atom. The molecular weight excluding hydrogens is 538 g/mol. The van der Waals surface area contributed by atoms with Gasteiger partial charge in [0.15, 0.2) is 0 Å². The molecule has 9 heteroatoms. The van der Waals surface area contributed by atoms with Crippen LogP contribution in [0.2, 0.25) is 0 Å². The Bertz CT molecular complexity index is 1390. The van der Waals surface area contributed by atoms with Gasteiger partial charge in [-0.05, 0) is 62.9 Å².